The van der Waals surface area contributed by atoms with Crippen LogP contribution in [0.2, 0.25) is 0 Å². The van der Waals surface area contributed by atoms with Gasteiger partial charge in [0.15, 0.2) is 0 Å². The van der Waals surface area contributed by atoms with Gasteiger partial charge < -0.3 is 14.6 Å². The molecule has 0 unspecified atom stereocenters. The molecule has 0 aliphatic heterocycles. The first-order valence-corrected chi connectivity index (χ1v) is 5.12. The number of ether oxygens (including phenoxy) is 1. The molecule has 0 spiro atoms. The highest BCUT2D eigenvalue weighted by Crippen LogP contribution is 2.18. The van der Waals surface area contributed by atoms with Gasteiger partial charge >= 0.3 is 0 Å². The fraction of sp³-hybridized carbons (Fsp3) is 0.700. The smallest absolute Gasteiger partial charge is 0.122 e. The van der Waals surface area contributed by atoms with E-state index in [9.17, 15) is 0 Å². The van der Waals surface area contributed by atoms with Crippen molar-refractivity contribution in [3.63, 3.8) is 0 Å². The lowest BCUT2D eigenvalue weighted by molar-refractivity contribution is 0.186. The maximum Gasteiger partial charge on any atom is 0.122 e. The van der Waals surface area contributed by atoms with E-state index >= 15 is 0 Å². The monoisotopic (exact) mass is 195 g/mol. The van der Waals surface area contributed by atoms with E-state index in [0.717, 1.165) is 31.6 Å². The molecule has 1 N–H and O–H groups in total. The van der Waals surface area contributed by atoms with Crippen molar-refractivity contribution in [2.45, 2.75) is 32.0 Å². The Morgan fingerprint density at radius 3 is 3.21 bits per heavy atom. The minimum Gasteiger partial charge on any atom is -0.383 e. The molecule has 4 heteroatoms. The van der Waals surface area contributed by atoms with Gasteiger partial charge in [0, 0.05) is 32.1 Å². The molecule has 0 bridgehead atoms. The molecular formula is C10H17N3O. The van der Waals surface area contributed by atoms with E-state index in [-0.39, 0.29) is 0 Å². The average Bonchev–Trinajstić information content (AvgIpc) is 2.92. The first-order chi connectivity index (χ1) is 6.90. The van der Waals surface area contributed by atoms with E-state index < -0.39 is 0 Å². The first kappa shape index (κ1) is 9.68. The third-order valence-corrected chi connectivity index (χ3v) is 2.46. The van der Waals surface area contributed by atoms with Gasteiger partial charge in [0.05, 0.1) is 13.2 Å². The number of nitrogens with one attached hydrogen (secondary N) is 1. The van der Waals surface area contributed by atoms with Gasteiger partial charge in [-0.05, 0) is 12.8 Å². The van der Waals surface area contributed by atoms with E-state index in [1.807, 2.05) is 12.4 Å². The fourth-order valence-electron chi connectivity index (χ4n) is 1.42. The van der Waals surface area contributed by atoms with Gasteiger partial charge in [-0.1, -0.05) is 0 Å². The van der Waals surface area contributed by atoms with Crippen LogP contribution in [0.1, 0.15) is 18.7 Å². The highest BCUT2D eigenvalue weighted by atomic mass is 16.5. The Morgan fingerprint density at radius 1 is 1.64 bits per heavy atom. The van der Waals surface area contributed by atoms with Crippen molar-refractivity contribution in [2.24, 2.45) is 0 Å². The van der Waals surface area contributed by atoms with Gasteiger partial charge in [-0.15, -0.1) is 0 Å². The number of imidazole rings is 1. The van der Waals surface area contributed by atoms with Crippen molar-refractivity contribution < 1.29 is 4.74 Å². The van der Waals surface area contributed by atoms with E-state index in [4.69, 9.17) is 4.74 Å². The summed E-state index contributed by atoms with van der Waals surface area (Å²) >= 11 is 0. The van der Waals surface area contributed by atoms with Gasteiger partial charge in [0.2, 0.25) is 0 Å². The Hall–Kier alpha value is -0.870. The molecule has 1 aliphatic carbocycles. The molecule has 0 amide bonds. The summed E-state index contributed by atoms with van der Waals surface area (Å²) in [6.45, 7) is 2.51. The van der Waals surface area contributed by atoms with Crippen LogP contribution >= 0.6 is 0 Å². The predicted molar refractivity (Wildman–Crippen MR) is 54.0 cm³/mol. The van der Waals surface area contributed by atoms with Crippen molar-refractivity contribution in [3.05, 3.63) is 18.2 Å². The summed E-state index contributed by atoms with van der Waals surface area (Å²) in [5, 5.41) is 3.45. The topological polar surface area (TPSA) is 39.1 Å². The average molecular weight is 195 g/mol. The molecular weight excluding hydrogens is 178 g/mol. The van der Waals surface area contributed by atoms with Gasteiger partial charge in [-0.2, -0.15) is 0 Å². The number of hydrogen-bond acceptors (Lipinski definition) is 3. The largest absolute Gasteiger partial charge is 0.383 e. The van der Waals surface area contributed by atoms with Crippen LogP contribution in [-0.2, 0) is 17.8 Å². The van der Waals surface area contributed by atoms with Gasteiger partial charge in [0.1, 0.15) is 5.82 Å². The van der Waals surface area contributed by atoms with Crippen LogP contribution in [0.25, 0.3) is 0 Å². The second kappa shape index (κ2) is 4.57. The molecule has 1 fully saturated rings. The fourth-order valence-corrected chi connectivity index (χ4v) is 1.42. The summed E-state index contributed by atoms with van der Waals surface area (Å²) in [6.07, 6.45) is 6.49. The number of hydrogen-bond donors (Lipinski definition) is 1. The first-order valence-electron chi connectivity index (χ1n) is 5.12. The third kappa shape index (κ3) is 2.56. The van der Waals surface area contributed by atoms with Crippen LogP contribution in [0, 0.1) is 0 Å². The minimum atomic E-state index is 0.738. The van der Waals surface area contributed by atoms with Crippen LogP contribution in [0.3, 0.4) is 0 Å². The SMILES string of the molecule is COCCn1ccnc1CNC1CC1. The van der Waals surface area contributed by atoms with Gasteiger partial charge in [-0.3, -0.25) is 0 Å². The summed E-state index contributed by atoms with van der Waals surface area (Å²) in [6, 6.07) is 0.738. The van der Waals surface area contributed by atoms with Crippen molar-refractivity contribution >= 4 is 0 Å². The highest BCUT2D eigenvalue weighted by Gasteiger charge is 2.20. The summed E-state index contributed by atoms with van der Waals surface area (Å²) in [5.41, 5.74) is 0. The molecule has 1 saturated carbocycles. The highest BCUT2D eigenvalue weighted by molar-refractivity contribution is 4.94. The van der Waals surface area contributed by atoms with Crippen molar-refractivity contribution in [2.75, 3.05) is 13.7 Å². The Balaban J connectivity index is 1.83. The van der Waals surface area contributed by atoms with Crippen LogP contribution < -0.4 is 5.32 Å². The summed E-state index contributed by atoms with van der Waals surface area (Å²) in [4.78, 5) is 4.31. The lowest BCUT2D eigenvalue weighted by atomic mass is 10.5. The molecule has 0 radical (unpaired) electrons. The molecule has 0 saturated heterocycles. The summed E-state index contributed by atoms with van der Waals surface area (Å²) in [7, 11) is 1.72. The van der Waals surface area contributed by atoms with Gasteiger partial charge in [0.25, 0.3) is 0 Å². The zero-order valence-corrected chi connectivity index (χ0v) is 8.57. The standard InChI is InChI=1S/C10H17N3O/c1-14-7-6-13-5-4-11-10(13)8-12-9-2-3-9/h4-5,9,12H,2-3,6-8H2,1H3. The molecule has 0 atom stereocenters. The Morgan fingerprint density at radius 2 is 2.50 bits per heavy atom. The van der Waals surface area contributed by atoms with Crippen LogP contribution in [0.5, 0.6) is 0 Å². The lowest BCUT2D eigenvalue weighted by Gasteiger charge is -2.07. The molecule has 14 heavy (non-hydrogen) atoms. The molecule has 4 nitrogen and oxygen atoms in total. The van der Waals surface area contributed by atoms with Crippen molar-refractivity contribution in [1.82, 2.24) is 14.9 Å². The second-order valence-corrected chi connectivity index (χ2v) is 3.68. The molecule has 78 valence electrons. The molecule has 1 aromatic heterocycles. The van der Waals surface area contributed by atoms with Crippen LogP contribution in [0.4, 0.5) is 0 Å². The van der Waals surface area contributed by atoms with E-state index in [1.165, 1.54) is 12.8 Å². The number of aromatic nitrogens is 2. The molecule has 1 aliphatic rings. The van der Waals surface area contributed by atoms with E-state index in [2.05, 4.69) is 14.9 Å². The maximum atomic E-state index is 5.04. The van der Waals surface area contributed by atoms with Crippen molar-refractivity contribution in [1.29, 1.82) is 0 Å². The summed E-state index contributed by atoms with van der Waals surface area (Å²) in [5.74, 6) is 1.11. The molecule has 1 aromatic rings. The normalized spacial score (nSPS) is 16.1. The Bertz CT molecular complexity index is 281. The number of methoxy groups -OCH3 is 1. The Kier molecular flexibility index (Phi) is 3.16. The van der Waals surface area contributed by atoms with Gasteiger partial charge in [-0.25, -0.2) is 4.98 Å². The molecule has 0 aromatic carbocycles. The zero-order chi connectivity index (χ0) is 9.80. The van der Waals surface area contributed by atoms with Crippen LogP contribution in [0.15, 0.2) is 12.4 Å². The maximum absolute atomic E-state index is 5.04. The predicted octanol–water partition coefficient (Wildman–Crippen LogP) is 0.781. The number of nitrogens with zero attached hydrogens (tertiary/aromatic N) is 2. The quantitative estimate of drug-likeness (QED) is 0.729. The summed E-state index contributed by atoms with van der Waals surface area (Å²) < 4.78 is 7.18. The number of rotatable bonds is 6. The van der Waals surface area contributed by atoms with Crippen LogP contribution in [-0.4, -0.2) is 29.3 Å². The van der Waals surface area contributed by atoms with Crippen molar-refractivity contribution in [3.8, 4) is 0 Å². The minimum absolute atomic E-state index is 0.738. The molecule has 2 rings (SSSR count). The molecule has 1 heterocycles. The Labute approximate surface area is 84.3 Å². The lowest BCUT2D eigenvalue weighted by Crippen LogP contribution is -2.19. The van der Waals surface area contributed by atoms with E-state index in [0.29, 0.717) is 0 Å². The van der Waals surface area contributed by atoms with E-state index in [1.54, 1.807) is 7.11 Å². The zero-order valence-electron chi connectivity index (χ0n) is 8.57. The second-order valence-electron chi connectivity index (χ2n) is 3.68. The third-order valence-electron chi connectivity index (χ3n) is 2.46.